The van der Waals surface area contributed by atoms with Crippen molar-refractivity contribution in [3.63, 3.8) is 0 Å². The van der Waals surface area contributed by atoms with Gasteiger partial charge in [0.05, 0.1) is 13.2 Å². The molecule has 1 heterocycles. The minimum absolute atomic E-state index is 0. The lowest BCUT2D eigenvalue weighted by molar-refractivity contribution is 0.0620. The maximum atomic E-state index is 12.2. The Kier molecular flexibility index (Phi) is 7.77. The second kappa shape index (κ2) is 8.80. The molecule has 1 aromatic carbocycles. The van der Waals surface area contributed by atoms with Gasteiger partial charge < -0.3 is 4.74 Å². The van der Waals surface area contributed by atoms with Crippen LogP contribution in [0, 0.1) is 5.92 Å². The molecule has 0 N–H and O–H groups in total. The number of alkyl halides is 2. The summed E-state index contributed by atoms with van der Waals surface area (Å²) >= 11 is 3.38. The Balaban J connectivity index is 0.00000200. The largest absolute Gasteiger partial charge is 0.493 e. The first kappa shape index (κ1) is 17.7. The lowest BCUT2D eigenvalue weighted by Gasteiger charge is -2.31. The maximum absolute atomic E-state index is 12.2. The highest BCUT2D eigenvalue weighted by molar-refractivity contribution is 9.10. The Morgan fingerprint density at radius 1 is 1.20 bits per heavy atom. The van der Waals surface area contributed by atoms with Gasteiger partial charge in [-0.2, -0.15) is 0 Å². The molecule has 0 amide bonds. The molecule has 1 aliphatic rings. The van der Waals surface area contributed by atoms with Gasteiger partial charge in [0.2, 0.25) is 0 Å². The van der Waals surface area contributed by atoms with Crippen molar-refractivity contribution < 1.29 is 13.5 Å². The van der Waals surface area contributed by atoms with Crippen LogP contribution >= 0.6 is 28.3 Å². The summed E-state index contributed by atoms with van der Waals surface area (Å²) in [6.45, 7) is 2.07. The molecule has 0 saturated carbocycles. The van der Waals surface area contributed by atoms with Gasteiger partial charge in [0.25, 0.3) is 6.43 Å². The zero-order valence-electron chi connectivity index (χ0n) is 11.1. The molecule has 20 heavy (non-hydrogen) atoms. The third-order valence-electron chi connectivity index (χ3n) is 3.40. The van der Waals surface area contributed by atoms with Gasteiger partial charge in [0.1, 0.15) is 5.75 Å². The van der Waals surface area contributed by atoms with Crippen LogP contribution < -0.4 is 4.74 Å². The molecule has 2 nitrogen and oxygen atoms in total. The van der Waals surface area contributed by atoms with Gasteiger partial charge in [-0.1, -0.05) is 15.9 Å². The van der Waals surface area contributed by atoms with E-state index in [9.17, 15) is 8.78 Å². The van der Waals surface area contributed by atoms with Crippen LogP contribution in [0.25, 0.3) is 0 Å². The van der Waals surface area contributed by atoms with Crippen molar-refractivity contribution in [3.8, 4) is 5.75 Å². The molecule has 0 aliphatic carbocycles. The number of rotatable bonds is 5. The van der Waals surface area contributed by atoms with E-state index in [0.717, 1.165) is 36.2 Å². The second-order valence-corrected chi connectivity index (χ2v) is 5.82. The van der Waals surface area contributed by atoms with Gasteiger partial charge in [-0.3, -0.25) is 4.90 Å². The summed E-state index contributed by atoms with van der Waals surface area (Å²) in [5.74, 6) is 1.33. The van der Waals surface area contributed by atoms with Gasteiger partial charge in [0, 0.05) is 4.47 Å². The minimum Gasteiger partial charge on any atom is -0.493 e. The number of halogens is 4. The number of hydrogen-bond acceptors (Lipinski definition) is 2. The van der Waals surface area contributed by atoms with Crippen molar-refractivity contribution in [3.05, 3.63) is 28.7 Å². The molecule has 1 aliphatic heterocycles. The Bertz CT molecular complexity index is 383. The van der Waals surface area contributed by atoms with Crippen molar-refractivity contribution in [1.82, 2.24) is 4.90 Å². The van der Waals surface area contributed by atoms with Gasteiger partial charge in [0.15, 0.2) is 0 Å². The predicted molar refractivity (Wildman–Crippen MR) is 82.1 cm³/mol. The van der Waals surface area contributed by atoms with Crippen molar-refractivity contribution >= 4 is 28.3 Å². The van der Waals surface area contributed by atoms with Crippen LogP contribution in [0.4, 0.5) is 8.78 Å². The van der Waals surface area contributed by atoms with E-state index in [-0.39, 0.29) is 19.0 Å². The van der Waals surface area contributed by atoms with E-state index >= 15 is 0 Å². The van der Waals surface area contributed by atoms with E-state index in [1.165, 1.54) is 0 Å². The Morgan fingerprint density at radius 3 is 2.35 bits per heavy atom. The first-order chi connectivity index (χ1) is 9.13. The summed E-state index contributed by atoms with van der Waals surface area (Å²) in [5.41, 5.74) is 0. The van der Waals surface area contributed by atoms with E-state index in [4.69, 9.17) is 4.74 Å². The molecule has 0 atom stereocenters. The molecule has 0 radical (unpaired) electrons. The summed E-state index contributed by atoms with van der Waals surface area (Å²) in [6, 6.07) is 7.74. The van der Waals surface area contributed by atoms with Crippen LogP contribution in [0.15, 0.2) is 28.7 Å². The third kappa shape index (κ3) is 5.94. The second-order valence-electron chi connectivity index (χ2n) is 4.90. The standard InChI is InChI=1S/C14H18BrF2NO.ClH/c15-12-1-3-13(4-2-12)19-10-11-5-7-18(8-6-11)9-14(16)17;/h1-4,11,14H,5-10H2;1H. The lowest BCUT2D eigenvalue weighted by atomic mass is 9.98. The van der Waals surface area contributed by atoms with Gasteiger partial charge in [-0.25, -0.2) is 8.78 Å². The van der Waals surface area contributed by atoms with Gasteiger partial charge in [-0.05, 0) is 56.1 Å². The summed E-state index contributed by atoms with van der Waals surface area (Å²) in [6.07, 6.45) is -0.359. The van der Waals surface area contributed by atoms with E-state index in [0.29, 0.717) is 12.5 Å². The van der Waals surface area contributed by atoms with Crippen LogP contribution in [0.1, 0.15) is 12.8 Å². The Labute approximate surface area is 133 Å². The highest BCUT2D eigenvalue weighted by Gasteiger charge is 2.21. The third-order valence-corrected chi connectivity index (χ3v) is 3.93. The summed E-state index contributed by atoms with van der Waals surface area (Å²) in [7, 11) is 0. The number of hydrogen-bond donors (Lipinski definition) is 0. The fraction of sp³-hybridized carbons (Fsp3) is 0.571. The van der Waals surface area contributed by atoms with Crippen molar-refractivity contribution in [2.75, 3.05) is 26.2 Å². The summed E-state index contributed by atoms with van der Waals surface area (Å²) in [4.78, 5) is 1.83. The van der Waals surface area contributed by atoms with Crippen LogP contribution in [0.3, 0.4) is 0 Å². The first-order valence-corrected chi connectivity index (χ1v) is 7.31. The van der Waals surface area contributed by atoms with Crippen molar-refractivity contribution in [2.24, 2.45) is 5.92 Å². The van der Waals surface area contributed by atoms with Gasteiger partial charge >= 0.3 is 0 Å². The highest BCUT2D eigenvalue weighted by Crippen LogP contribution is 2.21. The highest BCUT2D eigenvalue weighted by atomic mass is 79.9. The van der Waals surface area contributed by atoms with Crippen LogP contribution in [0.5, 0.6) is 5.75 Å². The molecule has 0 unspecified atom stereocenters. The zero-order chi connectivity index (χ0) is 13.7. The number of piperidine rings is 1. The zero-order valence-corrected chi connectivity index (χ0v) is 13.5. The summed E-state index contributed by atoms with van der Waals surface area (Å²) < 4.78 is 31.3. The number of nitrogens with zero attached hydrogens (tertiary/aromatic N) is 1. The predicted octanol–water partition coefficient (Wildman–Crippen LogP) is 4.23. The number of likely N-dealkylation sites (tertiary alicyclic amines) is 1. The Hall–Kier alpha value is -0.390. The molecule has 1 aromatic rings. The molecule has 0 bridgehead atoms. The van der Waals surface area contributed by atoms with Crippen LogP contribution in [-0.2, 0) is 0 Å². The monoisotopic (exact) mass is 369 g/mol. The average Bonchev–Trinajstić information content (AvgIpc) is 2.39. The topological polar surface area (TPSA) is 12.5 Å². The van der Waals surface area contributed by atoms with Crippen molar-refractivity contribution in [2.45, 2.75) is 19.3 Å². The van der Waals surface area contributed by atoms with Crippen LogP contribution in [0.2, 0.25) is 0 Å². The maximum Gasteiger partial charge on any atom is 0.251 e. The quantitative estimate of drug-likeness (QED) is 0.769. The number of ether oxygens (including phenoxy) is 1. The lowest BCUT2D eigenvalue weighted by Crippen LogP contribution is -2.38. The fourth-order valence-corrected chi connectivity index (χ4v) is 2.54. The minimum atomic E-state index is -2.23. The SMILES string of the molecule is Cl.FC(F)CN1CCC(COc2ccc(Br)cc2)CC1. The van der Waals surface area contributed by atoms with Gasteiger partial charge in [-0.15, -0.1) is 12.4 Å². The van der Waals surface area contributed by atoms with Crippen molar-refractivity contribution in [1.29, 1.82) is 0 Å². The molecular weight excluding hydrogens is 352 g/mol. The molecule has 6 heteroatoms. The number of benzene rings is 1. The van der Waals surface area contributed by atoms with E-state index in [2.05, 4.69) is 15.9 Å². The molecule has 1 fully saturated rings. The fourth-order valence-electron chi connectivity index (χ4n) is 2.28. The van der Waals surface area contributed by atoms with E-state index in [1.807, 2.05) is 29.2 Å². The molecule has 1 saturated heterocycles. The van der Waals surface area contributed by atoms with E-state index in [1.54, 1.807) is 0 Å². The molecule has 0 spiro atoms. The summed E-state index contributed by atoms with van der Waals surface area (Å²) in [5, 5.41) is 0. The first-order valence-electron chi connectivity index (χ1n) is 6.52. The Morgan fingerprint density at radius 2 is 1.80 bits per heavy atom. The molecule has 0 aromatic heterocycles. The average molecular weight is 371 g/mol. The molecule has 114 valence electrons. The normalized spacial score (nSPS) is 17.0. The van der Waals surface area contributed by atoms with Crippen LogP contribution in [-0.4, -0.2) is 37.6 Å². The molecular formula is C14H19BrClF2NO. The smallest absolute Gasteiger partial charge is 0.251 e. The molecule has 2 rings (SSSR count). The van der Waals surface area contributed by atoms with E-state index < -0.39 is 6.43 Å².